The standard InChI is InChI=1S/C6H3N3O3S/c10-6-8-5-4(13-6)1-3(2-7-5)9(11)12/h1-2H,(H,7,8,10). The zero-order valence-electron chi connectivity index (χ0n) is 6.18. The highest BCUT2D eigenvalue weighted by Crippen LogP contribution is 2.17. The molecule has 1 N–H and O–H groups in total. The average molecular weight is 197 g/mol. The molecule has 0 unspecified atom stereocenters. The lowest BCUT2D eigenvalue weighted by Crippen LogP contribution is -1.91. The van der Waals surface area contributed by atoms with E-state index in [1.807, 2.05) is 0 Å². The van der Waals surface area contributed by atoms with Crippen molar-refractivity contribution in [2.24, 2.45) is 0 Å². The number of H-pyrrole nitrogens is 1. The summed E-state index contributed by atoms with van der Waals surface area (Å²) >= 11 is 0.906. The molecule has 2 aromatic rings. The number of nitrogens with zero attached hydrogens (tertiary/aromatic N) is 2. The Labute approximate surface area is 75.0 Å². The molecular formula is C6H3N3O3S. The molecule has 0 aliphatic carbocycles. The molecule has 0 aromatic carbocycles. The first-order valence-corrected chi connectivity index (χ1v) is 4.12. The van der Waals surface area contributed by atoms with Gasteiger partial charge >= 0.3 is 4.87 Å². The van der Waals surface area contributed by atoms with Gasteiger partial charge < -0.3 is 0 Å². The highest BCUT2D eigenvalue weighted by Gasteiger charge is 2.08. The van der Waals surface area contributed by atoms with Gasteiger partial charge in [0, 0.05) is 6.07 Å². The molecule has 66 valence electrons. The summed E-state index contributed by atoms with van der Waals surface area (Å²) in [7, 11) is 0. The fourth-order valence-corrected chi connectivity index (χ4v) is 1.66. The molecule has 0 atom stereocenters. The summed E-state index contributed by atoms with van der Waals surface area (Å²) in [5.41, 5.74) is 0.281. The summed E-state index contributed by atoms with van der Waals surface area (Å²) in [4.78, 5) is 26.5. The maximum Gasteiger partial charge on any atom is 0.306 e. The van der Waals surface area contributed by atoms with Crippen LogP contribution in [-0.4, -0.2) is 14.9 Å². The van der Waals surface area contributed by atoms with E-state index in [9.17, 15) is 14.9 Å². The molecule has 7 heteroatoms. The summed E-state index contributed by atoms with van der Waals surface area (Å²) in [5, 5.41) is 10.3. The van der Waals surface area contributed by atoms with E-state index in [-0.39, 0.29) is 10.6 Å². The fraction of sp³-hybridized carbons (Fsp3) is 0. The number of nitrogens with one attached hydrogen (secondary N) is 1. The number of aromatic nitrogens is 2. The molecule has 0 bridgehead atoms. The average Bonchev–Trinajstić information content (AvgIpc) is 2.42. The van der Waals surface area contributed by atoms with Gasteiger partial charge in [-0.1, -0.05) is 11.3 Å². The van der Waals surface area contributed by atoms with Gasteiger partial charge in [0.1, 0.15) is 6.20 Å². The van der Waals surface area contributed by atoms with E-state index in [0.717, 1.165) is 17.5 Å². The second-order valence-electron chi connectivity index (χ2n) is 2.31. The Balaban J connectivity index is 2.74. The van der Waals surface area contributed by atoms with E-state index >= 15 is 0 Å². The third-order valence-electron chi connectivity index (χ3n) is 1.47. The molecular weight excluding hydrogens is 194 g/mol. The number of aromatic amines is 1. The molecule has 2 rings (SSSR count). The van der Waals surface area contributed by atoms with Crippen molar-refractivity contribution < 1.29 is 4.92 Å². The minimum atomic E-state index is -0.545. The first-order chi connectivity index (χ1) is 6.16. The molecule has 6 nitrogen and oxygen atoms in total. The van der Waals surface area contributed by atoms with Crippen molar-refractivity contribution in [1.82, 2.24) is 9.97 Å². The van der Waals surface area contributed by atoms with Crippen molar-refractivity contribution in [3.63, 3.8) is 0 Å². The Bertz CT molecular complexity index is 529. The van der Waals surface area contributed by atoms with Crippen molar-refractivity contribution in [1.29, 1.82) is 0 Å². The smallest absolute Gasteiger partial charge is 0.297 e. The van der Waals surface area contributed by atoms with Crippen LogP contribution in [0.4, 0.5) is 5.69 Å². The second kappa shape index (κ2) is 2.63. The largest absolute Gasteiger partial charge is 0.306 e. The van der Waals surface area contributed by atoms with Crippen LogP contribution in [-0.2, 0) is 0 Å². The molecule has 0 saturated heterocycles. The van der Waals surface area contributed by atoms with E-state index in [0.29, 0.717) is 10.3 Å². The number of thiazole rings is 1. The molecule has 2 aromatic heterocycles. The van der Waals surface area contributed by atoms with Crippen molar-refractivity contribution in [2.75, 3.05) is 0 Å². The van der Waals surface area contributed by atoms with Gasteiger partial charge in [-0.15, -0.1) is 0 Å². The molecule has 0 aliphatic rings. The minimum absolute atomic E-state index is 0.109. The Morgan fingerprint density at radius 3 is 3.08 bits per heavy atom. The van der Waals surface area contributed by atoms with E-state index in [2.05, 4.69) is 9.97 Å². The number of nitro groups is 1. The van der Waals surface area contributed by atoms with Crippen LogP contribution in [0.3, 0.4) is 0 Å². The molecule has 0 aliphatic heterocycles. The van der Waals surface area contributed by atoms with Crippen molar-refractivity contribution >= 4 is 27.4 Å². The lowest BCUT2D eigenvalue weighted by atomic mass is 10.4. The maximum atomic E-state index is 10.8. The number of hydrogen-bond acceptors (Lipinski definition) is 5. The van der Waals surface area contributed by atoms with Gasteiger partial charge in [-0.05, 0) is 0 Å². The summed E-state index contributed by atoms with van der Waals surface area (Å²) in [6, 6.07) is 1.32. The molecule has 0 fully saturated rings. The summed E-state index contributed by atoms with van der Waals surface area (Å²) in [6.45, 7) is 0. The highest BCUT2D eigenvalue weighted by molar-refractivity contribution is 7.16. The van der Waals surface area contributed by atoms with E-state index in [1.165, 1.54) is 6.07 Å². The van der Waals surface area contributed by atoms with Crippen LogP contribution in [0.2, 0.25) is 0 Å². The van der Waals surface area contributed by atoms with Crippen molar-refractivity contribution in [3.8, 4) is 0 Å². The fourth-order valence-electron chi connectivity index (χ4n) is 0.928. The van der Waals surface area contributed by atoms with Crippen LogP contribution in [0, 0.1) is 10.1 Å². The predicted octanol–water partition coefficient (Wildman–Crippen LogP) is 0.893. The Kier molecular flexibility index (Phi) is 1.59. The van der Waals surface area contributed by atoms with Crippen LogP contribution in [0.25, 0.3) is 10.3 Å². The molecule has 0 amide bonds. The molecule has 2 heterocycles. The monoisotopic (exact) mass is 197 g/mol. The van der Waals surface area contributed by atoms with Gasteiger partial charge in [0.2, 0.25) is 0 Å². The highest BCUT2D eigenvalue weighted by atomic mass is 32.1. The first-order valence-electron chi connectivity index (χ1n) is 3.30. The zero-order chi connectivity index (χ0) is 9.42. The Hall–Kier alpha value is -1.76. The molecule has 13 heavy (non-hydrogen) atoms. The van der Waals surface area contributed by atoms with E-state index in [1.54, 1.807) is 0 Å². The first kappa shape index (κ1) is 7.87. The zero-order valence-corrected chi connectivity index (χ0v) is 7.00. The van der Waals surface area contributed by atoms with Crippen LogP contribution in [0.1, 0.15) is 0 Å². The van der Waals surface area contributed by atoms with Gasteiger partial charge in [0.15, 0.2) is 5.65 Å². The van der Waals surface area contributed by atoms with Crippen LogP contribution in [0.5, 0.6) is 0 Å². The van der Waals surface area contributed by atoms with Crippen molar-refractivity contribution in [3.05, 3.63) is 32.0 Å². The third kappa shape index (κ3) is 1.29. The second-order valence-corrected chi connectivity index (χ2v) is 3.33. The number of fused-ring (bicyclic) bond motifs is 1. The van der Waals surface area contributed by atoms with Crippen LogP contribution in [0.15, 0.2) is 17.1 Å². The number of hydrogen-bond donors (Lipinski definition) is 1. The topological polar surface area (TPSA) is 88.9 Å². The minimum Gasteiger partial charge on any atom is -0.297 e. The number of pyridine rings is 1. The van der Waals surface area contributed by atoms with Gasteiger partial charge in [0.25, 0.3) is 5.69 Å². The van der Waals surface area contributed by atoms with Crippen molar-refractivity contribution in [2.45, 2.75) is 0 Å². The lowest BCUT2D eigenvalue weighted by molar-refractivity contribution is -0.385. The Morgan fingerprint density at radius 2 is 2.38 bits per heavy atom. The van der Waals surface area contributed by atoms with Crippen LogP contribution < -0.4 is 4.87 Å². The maximum absolute atomic E-state index is 10.8. The normalized spacial score (nSPS) is 10.5. The molecule has 0 spiro atoms. The van der Waals surface area contributed by atoms with Gasteiger partial charge in [-0.3, -0.25) is 19.9 Å². The van der Waals surface area contributed by atoms with Crippen LogP contribution >= 0.6 is 11.3 Å². The quantitative estimate of drug-likeness (QED) is 0.543. The predicted molar refractivity (Wildman–Crippen MR) is 46.9 cm³/mol. The summed E-state index contributed by atoms with van der Waals surface area (Å²) < 4.78 is 0.499. The van der Waals surface area contributed by atoms with E-state index in [4.69, 9.17) is 0 Å². The van der Waals surface area contributed by atoms with Gasteiger partial charge in [0.05, 0.1) is 9.62 Å². The summed E-state index contributed by atoms with van der Waals surface area (Å²) in [5.74, 6) is 0. The number of rotatable bonds is 1. The summed E-state index contributed by atoms with van der Waals surface area (Å²) in [6.07, 6.45) is 1.12. The molecule has 0 radical (unpaired) electrons. The van der Waals surface area contributed by atoms with Gasteiger partial charge in [-0.2, -0.15) is 0 Å². The molecule has 0 saturated carbocycles. The van der Waals surface area contributed by atoms with E-state index < -0.39 is 4.92 Å². The Morgan fingerprint density at radius 1 is 1.62 bits per heavy atom. The van der Waals surface area contributed by atoms with Gasteiger partial charge in [-0.25, -0.2) is 4.98 Å². The lowest BCUT2D eigenvalue weighted by Gasteiger charge is -1.88. The SMILES string of the molecule is O=c1[nH]c2ncc([N+](=O)[O-])cc2s1. The third-order valence-corrected chi connectivity index (χ3v) is 2.29.